The van der Waals surface area contributed by atoms with Crippen molar-refractivity contribution in [2.24, 2.45) is 5.92 Å². The highest BCUT2D eigenvalue weighted by Crippen LogP contribution is 2.44. The van der Waals surface area contributed by atoms with E-state index in [4.69, 9.17) is 9.15 Å². The van der Waals surface area contributed by atoms with Crippen molar-refractivity contribution >= 4 is 5.97 Å². The number of hydrogen-bond donors (Lipinski definition) is 3. The molecule has 3 atom stereocenters. The van der Waals surface area contributed by atoms with Gasteiger partial charge in [-0.2, -0.15) is 0 Å². The summed E-state index contributed by atoms with van der Waals surface area (Å²) in [4.78, 5) is 24.6. The second-order valence-corrected chi connectivity index (χ2v) is 5.73. The van der Waals surface area contributed by atoms with Gasteiger partial charge in [0.05, 0.1) is 35.9 Å². The van der Waals surface area contributed by atoms with Crippen molar-refractivity contribution < 1.29 is 19.1 Å². The average molecular weight is 306 g/mol. The number of carbonyl (C=O) groups excluding carboxylic acids is 1. The van der Waals surface area contributed by atoms with Gasteiger partial charge in [0, 0.05) is 12.1 Å². The standard InChI is InChI=1S/C15H18N2O5/c1-3-21-14(19)12-11(9-5-4-6-22-9)10-8(7-15(12,2)20)16-17-13(10)18/h4-6,11-12,20H,3,7H2,1-2H3,(H2,16,17,18)/t11-,12-,15-/m1/s1. The molecule has 0 spiro atoms. The fourth-order valence-electron chi connectivity index (χ4n) is 3.26. The highest BCUT2D eigenvalue weighted by atomic mass is 16.5. The number of aliphatic hydroxyl groups is 1. The molecule has 0 saturated heterocycles. The van der Waals surface area contributed by atoms with Crippen molar-refractivity contribution in [3.05, 3.63) is 45.8 Å². The number of carbonyl (C=O) groups is 1. The average Bonchev–Trinajstić information content (AvgIpc) is 3.07. The molecule has 2 aromatic heterocycles. The number of fused-ring (bicyclic) bond motifs is 1. The van der Waals surface area contributed by atoms with Crippen LogP contribution < -0.4 is 5.56 Å². The van der Waals surface area contributed by atoms with Gasteiger partial charge >= 0.3 is 5.97 Å². The number of furan rings is 1. The van der Waals surface area contributed by atoms with Crippen molar-refractivity contribution in [2.45, 2.75) is 31.8 Å². The molecule has 118 valence electrons. The van der Waals surface area contributed by atoms with Crippen molar-refractivity contribution in [2.75, 3.05) is 6.61 Å². The zero-order valence-corrected chi connectivity index (χ0v) is 12.4. The zero-order chi connectivity index (χ0) is 15.9. The Morgan fingerprint density at radius 1 is 1.55 bits per heavy atom. The molecule has 3 N–H and O–H groups in total. The number of aromatic amines is 2. The number of hydrogen-bond acceptors (Lipinski definition) is 5. The first-order chi connectivity index (χ1) is 10.5. The monoisotopic (exact) mass is 306 g/mol. The highest BCUT2D eigenvalue weighted by molar-refractivity contribution is 5.76. The number of aromatic nitrogens is 2. The van der Waals surface area contributed by atoms with E-state index in [2.05, 4.69) is 10.2 Å². The van der Waals surface area contributed by atoms with E-state index in [-0.39, 0.29) is 18.6 Å². The van der Waals surface area contributed by atoms with E-state index in [1.54, 1.807) is 26.0 Å². The van der Waals surface area contributed by atoms with E-state index in [0.717, 1.165) is 0 Å². The molecule has 0 fully saturated rings. The van der Waals surface area contributed by atoms with Crippen molar-refractivity contribution in [3.8, 4) is 0 Å². The Bertz CT molecular complexity index is 725. The maximum atomic E-state index is 12.4. The molecule has 0 aliphatic heterocycles. The first-order valence-corrected chi connectivity index (χ1v) is 7.17. The molecule has 0 amide bonds. The van der Waals surface area contributed by atoms with Crippen LogP contribution in [0.3, 0.4) is 0 Å². The first-order valence-electron chi connectivity index (χ1n) is 7.17. The normalized spacial score (nSPS) is 27.4. The maximum absolute atomic E-state index is 12.4. The Labute approximate surface area is 126 Å². The Morgan fingerprint density at radius 3 is 2.95 bits per heavy atom. The highest BCUT2D eigenvalue weighted by Gasteiger charge is 2.52. The minimum absolute atomic E-state index is 0.155. The third kappa shape index (κ3) is 2.18. The molecule has 2 aromatic rings. The van der Waals surface area contributed by atoms with Crippen LogP contribution in [0.25, 0.3) is 0 Å². The Hall–Kier alpha value is -2.28. The van der Waals surface area contributed by atoms with Gasteiger partial charge < -0.3 is 19.4 Å². The van der Waals surface area contributed by atoms with Gasteiger partial charge in [-0.25, -0.2) is 0 Å². The number of H-pyrrole nitrogens is 2. The molecule has 22 heavy (non-hydrogen) atoms. The number of ether oxygens (including phenoxy) is 1. The van der Waals surface area contributed by atoms with E-state index in [0.29, 0.717) is 17.0 Å². The molecule has 2 heterocycles. The molecule has 0 saturated carbocycles. The molecule has 7 heteroatoms. The SMILES string of the molecule is CCOC(=O)[C@H]1[C@H](c2ccco2)c2c([nH][nH]c2=O)C[C@@]1(C)O. The molecule has 0 unspecified atom stereocenters. The number of rotatable bonds is 3. The fraction of sp³-hybridized carbons (Fsp3) is 0.467. The predicted octanol–water partition coefficient (Wildman–Crippen LogP) is 0.914. The predicted molar refractivity (Wildman–Crippen MR) is 76.4 cm³/mol. The molecule has 1 aliphatic carbocycles. The Kier molecular flexibility index (Phi) is 3.44. The lowest BCUT2D eigenvalue weighted by Gasteiger charge is -2.39. The molecule has 7 nitrogen and oxygen atoms in total. The fourth-order valence-corrected chi connectivity index (χ4v) is 3.26. The molecular formula is C15H18N2O5. The molecule has 3 rings (SSSR count). The van der Waals surface area contributed by atoms with Crippen LogP contribution in [0.5, 0.6) is 0 Å². The van der Waals surface area contributed by atoms with Gasteiger partial charge in [-0.05, 0) is 26.0 Å². The van der Waals surface area contributed by atoms with Crippen LogP contribution in [0, 0.1) is 5.92 Å². The van der Waals surface area contributed by atoms with Gasteiger partial charge in [-0.3, -0.25) is 14.7 Å². The zero-order valence-electron chi connectivity index (χ0n) is 12.4. The Morgan fingerprint density at radius 2 is 2.32 bits per heavy atom. The largest absolute Gasteiger partial charge is 0.469 e. The van der Waals surface area contributed by atoms with Crippen LogP contribution in [0.1, 0.15) is 36.8 Å². The van der Waals surface area contributed by atoms with Gasteiger partial charge in [-0.1, -0.05) is 0 Å². The van der Waals surface area contributed by atoms with Gasteiger partial charge in [0.2, 0.25) is 0 Å². The lowest BCUT2D eigenvalue weighted by atomic mass is 9.68. The summed E-state index contributed by atoms with van der Waals surface area (Å²) >= 11 is 0. The second kappa shape index (κ2) is 5.17. The summed E-state index contributed by atoms with van der Waals surface area (Å²) in [7, 11) is 0. The van der Waals surface area contributed by atoms with E-state index < -0.39 is 23.4 Å². The van der Waals surface area contributed by atoms with Crippen molar-refractivity contribution in [1.29, 1.82) is 0 Å². The van der Waals surface area contributed by atoms with Crippen LogP contribution >= 0.6 is 0 Å². The Balaban J connectivity index is 2.19. The van der Waals surface area contributed by atoms with Crippen LogP contribution in [-0.2, 0) is 16.0 Å². The summed E-state index contributed by atoms with van der Waals surface area (Å²) in [6.07, 6.45) is 1.63. The topological polar surface area (TPSA) is 108 Å². The first kappa shape index (κ1) is 14.6. The molecule has 0 radical (unpaired) electrons. The van der Waals surface area contributed by atoms with Gasteiger partial charge in [0.25, 0.3) is 5.56 Å². The second-order valence-electron chi connectivity index (χ2n) is 5.73. The summed E-state index contributed by atoms with van der Waals surface area (Å²) in [5, 5.41) is 16.1. The summed E-state index contributed by atoms with van der Waals surface area (Å²) in [6, 6.07) is 3.37. The third-order valence-electron chi connectivity index (χ3n) is 4.14. The number of esters is 1. The van der Waals surface area contributed by atoms with Crippen LogP contribution in [0.4, 0.5) is 0 Å². The van der Waals surface area contributed by atoms with E-state index in [1.807, 2.05) is 0 Å². The molecule has 0 bridgehead atoms. The van der Waals surface area contributed by atoms with Crippen molar-refractivity contribution in [3.63, 3.8) is 0 Å². The summed E-state index contributed by atoms with van der Waals surface area (Å²) < 4.78 is 10.5. The third-order valence-corrected chi connectivity index (χ3v) is 4.14. The van der Waals surface area contributed by atoms with E-state index in [1.165, 1.54) is 6.26 Å². The lowest BCUT2D eigenvalue weighted by molar-refractivity contribution is -0.159. The summed E-state index contributed by atoms with van der Waals surface area (Å²) in [5.74, 6) is -1.70. The lowest BCUT2D eigenvalue weighted by Crippen LogP contribution is -2.50. The molecule has 0 aromatic carbocycles. The van der Waals surface area contributed by atoms with E-state index >= 15 is 0 Å². The van der Waals surface area contributed by atoms with Gasteiger partial charge in [0.1, 0.15) is 5.76 Å². The minimum atomic E-state index is -1.36. The smallest absolute Gasteiger partial charge is 0.312 e. The van der Waals surface area contributed by atoms with Crippen molar-refractivity contribution in [1.82, 2.24) is 10.2 Å². The summed E-state index contributed by atoms with van der Waals surface area (Å²) in [5.41, 5.74) is -0.681. The van der Waals surface area contributed by atoms with Gasteiger partial charge in [0.15, 0.2) is 0 Å². The molecule has 1 aliphatic rings. The molecular weight excluding hydrogens is 288 g/mol. The van der Waals surface area contributed by atoms with E-state index in [9.17, 15) is 14.7 Å². The van der Waals surface area contributed by atoms with Crippen LogP contribution in [0.2, 0.25) is 0 Å². The van der Waals surface area contributed by atoms with Crippen LogP contribution in [-0.4, -0.2) is 33.5 Å². The summed E-state index contributed by atoms with van der Waals surface area (Å²) in [6.45, 7) is 3.47. The van der Waals surface area contributed by atoms with Gasteiger partial charge in [-0.15, -0.1) is 0 Å². The maximum Gasteiger partial charge on any atom is 0.312 e. The quantitative estimate of drug-likeness (QED) is 0.731. The van der Waals surface area contributed by atoms with Crippen LogP contribution in [0.15, 0.2) is 27.6 Å². The number of nitrogens with one attached hydrogen (secondary N) is 2. The minimum Gasteiger partial charge on any atom is -0.469 e.